The van der Waals surface area contributed by atoms with E-state index in [2.05, 4.69) is 0 Å². The first-order valence-electron chi connectivity index (χ1n) is 5.68. The normalized spacial score (nSPS) is 17.3. The van der Waals surface area contributed by atoms with E-state index in [9.17, 15) is 9.59 Å². The maximum Gasteiger partial charge on any atom is 0.329 e. The molecule has 0 saturated carbocycles. The predicted molar refractivity (Wildman–Crippen MR) is 63.3 cm³/mol. The van der Waals surface area contributed by atoms with Gasteiger partial charge in [0.25, 0.3) is 5.91 Å². The zero-order valence-corrected chi connectivity index (χ0v) is 10.4. The number of ether oxygens (including phenoxy) is 1. The zero-order chi connectivity index (χ0) is 13.3. The highest BCUT2D eigenvalue weighted by atomic mass is 16.5. The molecule has 2 heterocycles. The highest BCUT2D eigenvalue weighted by Gasteiger charge is 2.43. The van der Waals surface area contributed by atoms with Crippen LogP contribution in [0.3, 0.4) is 0 Å². The number of amides is 1. The average molecular weight is 252 g/mol. The highest BCUT2D eigenvalue weighted by molar-refractivity contribution is 5.93. The van der Waals surface area contributed by atoms with Crippen molar-refractivity contribution in [2.75, 3.05) is 19.7 Å². The Balaban J connectivity index is 1.91. The predicted octanol–water partition coefficient (Wildman–Crippen LogP) is 0.341. The molecule has 98 valence electrons. The summed E-state index contributed by atoms with van der Waals surface area (Å²) in [6.07, 6.45) is 1.81. The Hall–Kier alpha value is -1.82. The number of likely N-dealkylation sites (tertiary alicyclic amines) is 1. The second-order valence-electron chi connectivity index (χ2n) is 4.80. The molecule has 0 atom stereocenters. The number of aryl methyl sites for hydroxylation is 1. The molecule has 1 N–H and O–H groups in total. The summed E-state index contributed by atoms with van der Waals surface area (Å²) in [4.78, 5) is 24.1. The lowest BCUT2D eigenvalue weighted by Crippen LogP contribution is -2.63. The molecule has 0 radical (unpaired) electrons. The number of carboxylic acids is 1. The van der Waals surface area contributed by atoms with Crippen LogP contribution in [0.4, 0.5) is 0 Å². The van der Waals surface area contributed by atoms with Crippen LogP contribution >= 0.6 is 0 Å². The van der Waals surface area contributed by atoms with Crippen molar-refractivity contribution in [2.24, 2.45) is 7.05 Å². The van der Waals surface area contributed by atoms with E-state index >= 15 is 0 Å². The third kappa shape index (κ3) is 2.38. The molecule has 6 nitrogen and oxygen atoms in total. The molecule has 1 amide bonds. The summed E-state index contributed by atoms with van der Waals surface area (Å²) in [6, 6.07) is 3.57. The number of aliphatic carboxylic acids is 1. The molecule has 0 aliphatic carbocycles. The van der Waals surface area contributed by atoms with E-state index in [1.807, 2.05) is 26.2 Å². The Morgan fingerprint density at radius 2 is 2.17 bits per heavy atom. The van der Waals surface area contributed by atoms with E-state index in [0.717, 1.165) is 0 Å². The van der Waals surface area contributed by atoms with Crippen LogP contribution in [0.5, 0.6) is 0 Å². The second-order valence-corrected chi connectivity index (χ2v) is 4.80. The van der Waals surface area contributed by atoms with Crippen LogP contribution < -0.4 is 0 Å². The molecular weight excluding hydrogens is 236 g/mol. The first kappa shape index (κ1) is 12.6. The number of hydrogen-bond acceptors (Lipinski definition) is 3. The Morgan fingerprint density at radius 3 is 2.67 bits per heavy atom. The van der Waals surface area contributed by atoms with Crippen molar-refractivity contribution in [3.63, 3.8) is 0 Å². The number of carbonyl (C=O) groups excluding carboxylic acids is 1. The summed E-state index contributed by atoms with van der Waals surface area (Å²) < 4.78 is 7.01. The molecule has 1 aromatic rings. The van der Waals surface area contributed by atoms with Gasteiger partial charge in [0, 0.05) is 13.2 Å². The minimum Gasteiger partial charge on any atom is -0.480 e. The van der Waals surface area contributed by atoms with Crippen molar-refractivity contribution >= 4 is 11.9 Å². The standard InChI is InChI=1S/C12H16N2O4/c1-12(18-6-10(15)16)7-14(8-12)11(17)9-4-3-5-13(9)2/h3-5H,6-8H2,1-2H3,(H,15,16). The van der Waals surface area contributed by atoms with Gasteiger partial charge in [0.2, 0.25) is 0 Å². The van der Waals surface area contributed by atoms with E-state index in [4.69, 9.17) is 9.84 Å². The van der Waals surface area contributed by atoms with Gasteiger partial charge in [-0.3, -0.25) is 4.79 Å². The fourth-order valence-corrected chi connectivity index (χ4v) is 2.08. The van der Waals surface area contributed by atoms with Crippen LogP contribution in [0.1, 0.15) is 17.4 Å². The van der Waals surface area contributed by atoms with Gasteiger partial charge in [0.05, 0.1) is 13.1 Å². The summed E-state index contributed by atoms with van der Waals surface area (Å²) in [7, 11) is 1.81. The number of hydrogen-bond donors (Lipinski definition) is 1. The molecule has 0 unspecified atom stereocenters. The van der Waals surface area contributed by atoms with E-state index in [-0.39, 0.29) is 12.5 Å². The Bertz CT molecular complexity index is 474. The molecule has 0 spiro atoms. The summed E-state index contributed by atoms with van der Waals surface area (Å²) >= 11 is 0. The number of carbonyl (C=O) groups is 2. The molecule has 1 aromatic heterocycles. The molecular formula is C12H16N2O4. The minimum atomic E-state index is -0.997. The van der Waals surface area contributed by atoms with Crippen LogP contribution in [-0.4, -0.2) is 51.7 Å². The fourth-order valence-electron chi connectivity index (χ4n) is 2.08. The average Bonchev–Trinajstić information content (AvgIpc) is 2.68. The van der Waals surface area contributed by atoms with Crippen LogP contribution in [-0.2, 0) is 16.6 Å². The maximum atomic E-state index is 12.1. The van der Waals surface area contributed by atoms with Gasteiger partial charge in [-0.2, -0.15) is 0 Å². The van der Waals surface area contributed by atoms with Crippen LogP contribution in [0.15, 0.2) is 18.3 Å². The Labute approximate surface area is 105 Å². The monoisotopic (exact) mass is 252 g/mol. The quantitative estimate of drug-likeness (QED) is 0.838. The zero-order valence-electron chi connectivity index (χ0n) is 10.4. The molecule has 2 rings (SSSR count). The second kappa shape index (κ2) is 4.45. The molecule has 1 aliphatic rings. The van der Waals surface area contributed by atoms with E-state index in [0.29, 0.717) is 18.8 Å². The molecule has 1 saturated heterocycles. The first-order chi connectivity index (χ1) is 8.41. The van der Waals surface area contributed by atoms with Crippen molar-refractivity contribution in [3.8, 4) is 0 Å². The lowest BCUT2D eigenvalue weighted by atomic mass is 9.96. The van der Waals surface area contributed by atoms with Crippen molar-refractivity contribution in [1.29, 1.82) is 0 Å². The minimum absolute atomic E-state index is 0.0566. The van der Waals surface area contributed by atoms with Gasteiger partial charge in [0.1, 0.15) is 17.9 Å². The summed E-state index contributed by atoms with van der Waals surface area (Å²) in [5, 5.41) is 8.55. The van der Waals surface area contributed by atoms with Crippen LogP contribution in [0.25, 0.3) is 0 Å². The Kier molecular flexibility index (Phi) is 3.13. The lowest BCUT2D eigenvalue weighted by molar-refractivity contribution is -0.160. The molecule has 1 fully saturated rings. The summed E-state index contributed by atoms with van der Waals surface area (Å²) in [5.41, 5.74) is 0.0782. The fraction of sp³-hybridized carbons (Fsp3) is 0.500. The summed E-state index contributed by atoms with van der Waals surface area (Å²) in [6.45, 7) is 2.32. The maximum absolute atomic E-state index is 12.1. The first-order valence-corrected chi connectivity index (χ1v) is 5.68. The van der Waals surface area contributed by atoms with Gasteiger partial charge in [0.15, 0.2) is 0 Å². The van der Waals surface area contributed by atoms with Crippen molar-refractivity contribution in [1.82, 2.24) is 9.47 Å². The largest absolute Gasteiger partial charge is 0.480 e. The van der Waals surface area contributed by atoms with Gasteiger partial charge in [-0.05, 0) is 19.1 Å². The van der Waals surface area contributed by atoms with Crippen molar-refractivity contribution in [3.05, 3.63) is 24.0 Å². The van der Waals surface area contributed by atoms with E-state index < -0.39 is 11.6 Å². The smallest absolute Gasteiger partial charge is 0.329 e. The van der Waals surface area contributed by atoms with Gasteiger partial charge < -0.3 is 19.3 Å². The lowest BCUT2D eigenvalue weighted by Gasteiger charge is -2.47. The summed E-state index contributed by atoms with van der Waals surface area (Å²) in [5.74, 6) is -1.05. The number of rotatable bonds is 4. The molecule has 0 aromatic carbocycles. The number of nitrogens with zero attached hydrogens (tertiary/aromatic N) is 2. The van der Waals surface area contributed by atoms with Crippen molar-refractivity contribution in [2.45, 2.75) is 12.5 Å². The van der Waals surface area contributed by atoms with Crippen LogP contribution in [0, 0.1) is 0 Å². The third-order valence-corrected chi connectivity index (χ3v) is 3.04. The van der Waals surface area contributed by atoms with E-state index in [1.165, 1.54) is 0 Å². The third-order valence-electron chi connectivity index (χ3n) is 3.04. The van der Waals surface area contributed by atoms with Gasteiger partial charge >= 0.3 is 5.97 Å². The number of carboxylic acid groups (broad SMARTS) is 1. The van der Waals surface area contributed by atoms with E-state index in [1.54, 1.807) is 15.5 Å². The highest BCUT2D eigenvalue weighted by Crippen LogP contribution is 2.26. The van der Waals surface area contributed by atoms with Crippen LogP contribution in [0.2, 0.25) is 0 Å². The number of aromatic nitrogens is 1. The molecule has 18 heavy (non-hydrogen) atoms. The van der Waals surface area contributed by atoms with Gasteiger partial charge in [-0.25, -0.2) is 4.79 Å². The van der Waals surface area contributed by atoms with Gasteiger partial charge in [-0.15, -0.1) is 0 Å². The SMILES string of the molecule is Cn1cccc1C(=O)N1CC(C)(OCC(=O)O)C1. The van der Waals surface area contributed by atoms with Crippen molar-refractivity contribution < 1.29 is 19.4 Å². The van der Waals surface area contributed by atoms with Gasteiger partial charge in [-0.1, -0.05) is 0 Å². The molecule has 6 heteroatoms. The topological polar surface area (TPSA) is 71.8 Å². The molecule has 0 bridgehead atoms. The Morgan fingerprint density at radius 1 is 1.50 bits per heavy atom. The molecule has 1 aliphatic heterocycles.